The van der Waals surface area contributed by atoms with Gasteiger partial charge in [0, 0.05) is 19.7 Å². The van der Waals surface area contributed by atoms with Gasteiger partial charge in [-0.25, -0.2) is 9.40 Å². The lowest BCUT2D eigenvalue weighted by molar-refractivity contribution is 0.0852. The molecule has 1 aromatic rings. The van der Waals surface area contributed by atoms with Gasteiger partial charge in [0.1, 0.15) is 12.4 Å². The molecule has 2 N–H and O–H groups in total. The fourth-order valence-electron chi connectivity index (χ4n) is 1.18. The van der Waals surface area contributed by atoms with Crippen LogP contribution in [0.2, 0.25) is 0 Å². The highest BCUT2D eigenvalue weighted by Gasteiger charge is 2.11. The van der Waals surface area contributed by atoms with Crippen LogP contribution in [-0.2, 0) is 0 Å². The molecule has 0 spiro atoms. The molecule has 4 nitrogen and oxygen atoms in total. The van der Waals surface area contributed by atoms with Crippen LogP contribution in [0.15, 0.2) is 18.2 Å². The van der Waals surface area contributed by atoms with Gasteiger partial charge in [0.15, 0.2) is 0 Å². The summed E-state index contributed by atoms with van der Waals surface area (Å²) in [5.41, 5.74) is 2.81. The number of aliphatic hydroxyl groups excluding tert-OH is 1. The van der Waals surface area contributed by atoms with Crippen LogP contribution in [0.3, 0.4) is 0 Å². The summed E-state index contributed by atoms with van der Waals surface area (Å²) in [7, 11) is 3.27. The summed E-state index contributed by atoms with van der Waals surface area (Å²) < 4.78 is 13.6. The Bertz CT molecular complexity index is 475. The van der Waals surface area contributed by atoms with Gasteiger partial charge in [-0.2, -0.15) is 0 Å². The third-order valence-corrected chi connectivity index (χ3v) is 1.85. The van der Waals surface area contributed by atoms with Crippen molar-refractivity contribution in [1.82, 2.24) is 10.4 Å². The SMILES string of the molecule is CN(C)NC(=O)c1ccc(C#CCO)cc1F. The minimum Gasteiger partial charge on any atom is -0.384 e. The molecule has 0 bridgehead atoms. The molecule has 1 amide bonds. The van der Waals surface area contributed by atoms with Crippen LogP contribution in [0.4, 0.5) is 4.39 Å². The molecule has 17 heavy (non-hydrogen) atoms. The van der Waals surface area contributed by atoms with Gasteiger partial charge in [0.05, 0.1) is 5.56 Å². The second-order valence-corrected chi connectivity index (χ2v) is 3.49. The highest BCUT2D eigenvalue weighted by molar-refractivity contribution is 5.94. The molecular weight excluding hydrogens is 223 g/mol. The molecule has 0 aliphatic rings. The van der Waals surface area contributed by atoms with Gasteiger partial charge in [0.2, 0.25) is 0 Å². The van der Waals surface area contributed by atoms with Gasteiger partial charge in [-0.05, 0) is 18.2 Å². The van der Waals surface area contributed by atoms with Crippen LogP contribution >= 0.6 is 0 Å². The Hall–Kier alpha value is -1.90. The number of carbonyl (C=O) groups excluding carboxylic acids is 1. The summed E-state index contributed by atoms with van der Waals surface area (Å²) in [6.07, 6.45) is 0. The van der Waals surface area contributed by atoms with E-state index in [1.54, 1.807) is 14.1 Å². The summed E-state index contributed by atoms with van der Waals surface area (Å²) >= 11 is 0. The molecular formula is C12H13FN2O2. The van der Waals surface area contributed by atoms with Crippen LogP contribution in [0.25, 0.3) is 0 Å². The number of hydrogen-bond donors (Lipinski definition) is 2. The quantitative estimate of drug-likeness (QED) is 0.576. The zero-order valence-electron chi connectivity index (χ0n) is 9.62. The molecule has 1 aromatic carbocycles. The summed E-state index contributed by atoms with van der Waals surface area (Å²) in [6, 6.07) is 4.04. The van der Waals surface area contributed by atoms with Gasteiger partial charge >= 0.3 is 0 Å². The first kappa shape index (κ1) is 13.2. The van der Waals surface area contributed by atoms with Crippen molar-refractivity contribution in [1.29, 1.82) is 0 Å². The summed E-state index contributed by atoms with van der Waals surface area (Å²) in [6.45, 7) is -0.287. The molecule has 0 atom stereocenters. The van der Waals surface area contributed by atoms with Crippen molar-refractivity contribution in [3.05, 3.63) is 35.1 Å². The van der Waals surface area contributed by atoms with E-state index in [0.717, 1.165) is 6.07 Å². The second kappa shape index (κ2) is 5.99. The largest absolute Gasteiger partial charge is 0.384 e. The van der Waals surface area contributed by atoms with Crippen molar-refractivity contribution in [2.24, 2.45) is 0 Å². The molecule has 0 unspecified atom stereocenters. The molecule has 1 rings (SSSR count). The topological polar surface area (TPSA) is 52.6 Å². The van der Waals surface area contributed by atoms with Crippen molar-refractivity contribution >= 4 is 5.91 Å². The van der Waals surface area contributed by atoms with E-state index in [9.17, 15) is 9.18 Å². The predicted molar refractivity (Wildman–Crippen MR) is 61.5 cm³/mol. The molecule has 0 aliphatic carbocycles. The Morgan fingerprint density at radius 1 is 1.53 bits per heavy atom. The zero-order valence-corrected chi connectivity index (χ0v) is 9.62. The third kappa shape index (κ3) is 3.87. The van der Waals surface area contributed by atoms with E-state index in [1.165, 1.54) is 17.1 Å². The molecule has 90 valence electrons. The average molecular weight is 236 g/mol. The predicted octanol–water partition coefficient (Wildman–Crippen LogP) is 0.376. The number of carbonyl (C=O) groups is 1. The van der Waals surface area contributed by atoms with E-state index in [4.69, 9.17) is 5.11 Å². The molecule has 5 heteroatoms. The van der Waals surface area contributed by atoms with Crippen LogP contribution in [0.5, 0.6) is 0 Å². The molecule has 0 aliphatic heterocycles. The normalized spacial score (nSPS) is 9.71. The summed E-state index contributed by atoms with van der Waals surface area (Å²) in [4.78, 5) is 11.5. The Morgan fingerprint density at radius 3 is 2.76 bits per heavy atom. The number of rotatable bonds is 2. The van der Waals surface area contributed by atoms with Crippen molar-refractivity contribution in [3.63, 3.8) is 0 Å². The number of hydrogen-bond acceptors (Lipinski definition) is 3. The molecule has 0 heterocycles. The first-order chi connectivity index (χ1) is 8.04. The maximum absolute atomic E-state index is 13.6. The van der Waals surface area contributed by atoms with Gasteiger partial charge in [-0.1, -0.05) is 11.8 Å². The van der Waals surface area contributed by atoms with E-state index >= 15 is 0 Å². The fraction of sp³-hybridized carbons (Fsp3) is 0.250. The Balaban J connectivity index is 2.93. The zero-order chi connectivity index (χ0) is 12.8. The van der Waals surface area contributed by atoms with Crippen LogP contribution < -0.4 is 5.43 Å². The number of halogens is 1. The second-order valence-electron chi connectivity index (χ2n) is 3.49. The first-order valence-electron chi connectivity index (χ1n) is 4.92. The minimum atomic E-state index is -0.644. The lowest BCUT2D eigenvalue weighted by Gasteiger charge is -2.12. The smallest absolute Gasteiger partial charge is 0.268 e. The van der Waals surface area contributed by atoms with Crippen molar-refractivity contribution < 1.29 is 14.3 Å². The average Bonchev–Trinajstić information content (AvgIpc) is 2.25. The number of nitrogens with zero attached hydrogens (tertiary/aromatic N) is 1. The molecule has 0 saturated heterocycles. The van der Waals surface area contributed by atoms with Gasteiger partial charge in [-0.15, -0.1) is 0 Å². The Kier molecular flexibility index (Phi) is 4.64. The van der Waals surface area contributed by atoms with Gasteiger partial charge in [-0.3, -0.25) is 10.2 Å². The first-order valence-corrected chi connectivity index (χ1v) is 4.92. The maximum Gasteiger partial charge on any atom is 0.268 e. The lowest BCUT2D eigenvalue weighted by Crippen LogP contribution is -2.36. The lowest BCUT2D eigenvalue weighted by atomic mass is 10.1. The van der Waals surface area contributed by atoms with Crippen LogP contribution in [0.1, 0.15) is 15.9 Å². The van der Waals surface area contributed by atoms with E-state index in [0.29, 0.717) is 5.56 Å². The van der Waals surface area contributed by atoms with E-state index in [-0.39, 0.29) is 12.2 Å². The van der Waals surface area contributed by atoms with E-state index in [2.05, 4.69) is 17.3 Å². The van der Waals surface area contributed by atoms with Crippen molar-refractivity contribution in [3.8, 4) is 11.8 Å². The van der Waals surface area contributed by atoms with Crippen LogP contribution in [0, 0.1) is 17.7 Å². The highest BCUT2D eigenvalue weighted by atomic mass is 19.1. The number of aliphatic hydroxyl groups is 1. The standard InChI is InChI=1S/C12H13FN2O2/c1-15(2)14-12(17)10-6-5-9(4-3-7-16)8-11(10)13/h5-6,8,16H,7H2,1-2H3,(H,14,17). The number of nitrogens with one attached hydrogen (secondary N) is 1. The van der Waals surface area contributed by atoms with E-state index < -0.39 is 11.7 Å². The fourth-order valence-corrected chi connectivity index (χ4v) is 1.18. The molecule has 0 saturated carbocycles. The summed E-state index contributed by atoms with van der Waals surface area (Å²) in [5.74, 6) is 3.80. The molecule has 0 radical (unpaired) electrons. The number of hydrazine groups is 1. The molecule has 0 fully saturated rings. The van der Waals surface area contributed by atoms with E-state index in [1.807, 2.05) is 0 Å². The van der Waals surface area contributed by atoms with Crippen molar-refractivity contribution in [2.75, 3.05) is 20.7 Å². The number of amides is 1. The monoisotopic (exact) mass is 236 g/mol. The van der Waals surface area contributed by atoms with Gasteiger partial charge < -0.3 is 5.11 Å². The molecule has 0 aromatic heterocycles. The Labute approximate surface area is 99.0 Å². The van der Waals surface area contributed by atoms with Gasteiger partial charge in [0.25, 0.3) is 5.91 Å². The number of benzene rings is 1. The van der Waals surface area contributed by atoms with Crippen molar-refractivity contribution in [2.45, 2.75) is 0 Å². The maximum atomic E-state index is 13.6. The summed E-state index contributed by atoms with van der Waals surface area (Å²) in [5, 5.41) is 9.93. The van der Waals surface area contributed by atoms with Crippen LogP contribution in [-0.4, -0.2) is 36.7 Å². The Morgan fingerprint density at radius 2 is 2.24 bits per heavy atom. The highest BCUT2D eigenvalue weighted by Crippen LogP contribution is 2.09. The minimum absolute atomic E-state index is 0.0479. The third-order valence-electron chi connectivity index (χ3n) is 1.85.